The van der Waals surface area contributed by atoms with Crippen LogP contribution in [0.5, 0.6) is 5.75 Å². The average Bonchev–Trinajstić information content (AvgIpc) is 2.97. The van der Waals surface area contributed by atoms with Crippen molar-refractivity contribution in [3.63, 3.8) is 0 Å². The second kappa shape index (κ2) is 4.66. The summed E-state index contributed by atoms with van der Waals surface area (Å²) < 4.78 is 17.9. The maximum Gasteiger partial charge on any atom is 0.121 e. The van der Waals surface area contributed by atoms with Crippen molar-refractivity contribution >= 4 is 26.7 Å². The smallest absolute Gasteiger partial charge is 0.121 e. The molecular formula is C11H13BrO2S. The summed E-state index contributed by atoms with van der Waals surface area (Å²) in [6.45, 7) is 0.784. The minimum Gasteiger partial charge on any atom is -0.493 e. The SMILES string of the molecule is CS(=O)c1cc(Br)cc(OCC2CC2)c1. The molecule has 0 bridgehead atoms. The van der Waals surface area contributed by atoms with Gasteiger partial charge in [-0.1, -0.05) is 15.9 Å². The van der Waals surface area contributed by atoms with Crippen LogP contribution in [0.25, 0.3) is 0 Å². The standard InChI is InChI=1S/C11H13BrO2S/c1-15(13)11-5-9(12)4-10(6-11)14-7-8-2-3-8/h4-6,8H,2-3,7H2,1H3. The highest BCUT2D eigenvalue weighted by atomic mass is 79.9. The van der Waals surface area contributed by atoms with Crippen LogP contribution in [0.2, 0.25) is 0 Å². The van der Waals surface area contributed by atoms with E-state index in [1.807, 2.05) is 18.2 Å². The van der Waals surface area contributed by atoms with Crippen LogP contribution in [0, 0.1) is 5.92 Å². The van der Waals surface area contributed by atoms with Gasteiger partial charge in [-0.15, -0.1) is 0 Å². The molecule has 1 aliphatic rings. The fourth-order valence-electron chi connectivity index (χ4n) is 1.28. The molecule has 0 heterocycles. The number of benzene rings is 1. The van der Waals surface area contributed by atoms with Crippen molar-refractivity contribution in [2.24, 2.45) is 5.92 Å². The summed E-state index contributed by atoms with van der Waals surface area (Å²) in [6, 6.07) is 5.63. The topological polar surface area (TPSA) is 26.3 Å². The molecular weight excluding hydrogens is 276 g/mol. The number of ether oxygens (including phenoxy) is 1. The molecule has 0 saturated heterocycles. The molecule has 1 unspecified atom stereocenters. The Balaban J connectivity index is 2.10. The Morgan fingerprint density at radius 2 is 2.20 bits per heavy atom. The first-order valence-electron chi connectivity index (χ1n) is 4.92. The van der Waals surface area contributed by atoms with Crippen molar-refractivity contribution in [1.29, 1.82) is 0 Å². The van der Waals surface area contributed by atoms with Gasteiger partial charge in [0.05, 0.1) is 6.61 Å². The molecule has 0 amide bonds. The number of rotatable bonds is 4. The van der Waals surface area contributed by atoms with Crippen LogP contribution >= 0.6 is 15.9 Å². The largest absolute Gasteiger partial charge is 0.493 e. The van der Waals surface area contributed by atoms with E-state index in [0.29, 0.717) is 0 Å². The van der Waals surface area contributed by atoms with E-state index < -0.39 is 10.8 Å². The highest BCUT2D eigenvalue weighted by Crippen LogP contribution is 2.30. The molecule has 4 heteroatoms. The van der Waals surface area contributed by atoms with Crippen LogP contribution in [-0.2, 0) is 10.8 Å². The molecule has 0 spiro atoms. The number of hydrogen-bond acceptors (Lipinski definition) is 2. The van der Waals surface area contributed by atoms with E-state index >= 15 is 0 Å². The summed E-state index contributed by atoms with van der Waals surface area (Å²) in [6.07, 6.45) is 4.23. The van der Waals surface area contributed by atoms with E-state index in [-0.39, 0.29) is 0 Å². The summed E-state index contributed by atoms with van der Waals surface area (Å²) in [5.74, 6) is 1.54. The molecule has 1 aliphatic carbocycles. The van der Waals surface area contributed by atoms with Crippen LogP contribution in [0.15, 0.2) is 27.6 Å². The van der Waals surface area contributed by atoms with Crippen molar-refractivity contribution in [3.05, 3.63) is 22.7 Å². The Hall–Kier alpha value is -0.350. The lowest BCUT2D eigenvalue weighted by Gasteiger charge is -2.07. The van der Waals surface area contributed by atoms with E-state index in [4.69, 9.17) is 4.74 Å². The zero-order chi connectivity index (χ0) is 10.8. The first-order valence-corrected chi connectivity index (χ1v) is 7.27. The minimum atomic E-state index is -0.958. The Morgan fingerprint density at radius 3 is 2.80 bits per heavy atom. The lowest BCUT2D eigenvalue weighted by Crippen LogP contribution is -1.99. The molecule has 2 rings (SSSR count). The monoisotopic (exact) mass is 288 g/mol. The number of halogens is 1. The molecule has 0 aliphatic heterocycles. The normalized spacial score (nSPS) is 17.5. The third-order valence-corrected chi connectivity index (χ3v) is 3.72. The predicted molar refractivity (Wildman–Crippen MR) is 64.7 cm³/mol. The summed E-state index contributed by atoms with van der Waals surface area (Å²) in [5.41, 5.74) is 0. The van der Waals surface area contributed by atoms with Crippen LogP contribution in [0.4, 0.5) is 0 Å². The van der Waals surface area contributed by atoms with Gasteiger partial charge >= 0.3 is 0 Å². The second-order valence-electron chi connectivity index (χ2n) is 3.83. The first-order chi connectivity index (χ1) is 7.15. The Kier molecular flexibility index (Phi) is 3.46. The van der Waals surface area contributed by atoms with Crippen molar-refractivity contribution in [1.82, 2.24) is 0 Å². The maximum atomic E-state index is 11.3. The van der Waals surface area contributed by atoms with Crippen molar-refractivity contribution < 1.29 is 8.95 Å². The fourth-order valence-corrected chi connectivity index (χ4v) is 2.48. The van der Waals surface area contributed by atoms with E-state index in [1.165, 1.54) is 12.8 Å². The minimum absolute atomic E-state index is 0.736. The molecule has 15 heavy (non-hydrogen) atoms. The fraction of sp³-hybridized carbons (Fsp3) is 0.455. The van der Waals surface area contributed by atoms with Gasteiger partial charge in [0.2, 0.25) is 0 Å². The molecule has 0 aromatic heterocycles. The van der Waals surface area contributed by atoms with Gasteiger partial charge in [-0.3, -0.25) is 4.21 Å². The lowest BCUT2D eigenvalue weighted by atomic mass is 10.3. The van der Waals surface area contributed by atoms with Crippen molar-refractivity contribution in [2.75, 3.05) is 12.9 Å². The van der Waals surface area contributed by atoms with Gasteiger partial charge in [0.1, 0.15) is 5.75 Å². The molecule has 1 aromatic carbocycles. The zero-order valence-corrected chi connectivity index (χ0v) is 10.9. The summed E-state index contributed by atoms with van der Waals surface area (Å²) in [7, 11) is -0.958. The maximum absolute atomic E-state index is 11.3. The van der Waals surface area contributed by atoms with Crippen LogP contribution in [-0.4, -0.2) is 17.1 Å². The van der Waals surface area contributed by atoms with Gasteiger partial charge in [-0.2, -0.15) is 0 Å². The Morgan fingerprint density at radius 1 is 1.47 bits per heavy atom. The molecule has 1 fully saturated rings. The van der Waals surface area contributed by atoms with E-state index in [2.05, 4.69) is 15.9 Å². The highest BCUT2D eigenvalue weighted by molar-refractivity contribution is 9.10. The van der Waals surface area contributed by atoms with E-state index in [9.17, 15) is 4.21 Å². The predicted octanol–water partition coefficient (Wildman–Crippen LogP) is 2.98. The lowest BCUT2D eigenvalue weighted by molar-refractivity contribution is 0.299. The van der Waals surface area contributed by atoms with Gasteiger partial charge in [-0.05, 0) is 37.0 Å². The van der Waals surface area contributed by atoms with Crippen molar-refractivity contribution in [3.8, 4) is 5.75 Å². The summed E-state index contributed by atoms with van der Waals surface area (Å²) >= 11 is 3.39. The highest BCUT2D eigenvalue weighted by Gasteiger charge is 2.22. The second-order valence-corrected chi connectivity index (χ2v) is 6.13. The molecule has 1 saturated carbocycles. The molecule has 0 radical (unpaired) electrons. The Labute approximate surface area is 101 Å². The average molecular weight is 289 g/mol. The van der Waals surface area contributed by atoms with Gasteiger partial charge in [-0.25, -0.2) is 0 Å². The van der Waals surface area contributed by atoms with Crippen LogP contribution in [0.1, 0.15) is 12.8 Å². The van der Waals surface area contributed by atoms with Gasteiger partial charge in [0.25, 0.3) is 0 Å². The number of hydrogen-bond donors (Lipinski definition) is 0. The first kappa shape index (κ1) is 11.1. The molecule has 2 nitrogen and oxygen atoms in total. The molecule has 1 aromatic rings. The summed E-state index contributed by atoms with van der Waals surface area (Å²) in [5, 5.41) is 0. The van der Waals surface area contributed by atoms with E-state index in [0.717, 1.165) is 27.6 Å². The summed E-state index contributed by atoms with van der Waals surface area (Å²) in [4.78, 5) is 0.801. The van der Waals surface area contributed by atoms with Gasteiger partial charge in [0.15, 0.2) is 0 Å². The molecule has 0 N–H and O–H groups in total. The zero-order valence-electron chi connectivity index (χ0n) is 8.53. The van der Waals surface area contributed by atoms with Crippen LogP contribution < -0.4 is 4.74 Å². The van der Waals surface area contributed by atoms with E-state index in [1.54, 1.807) is 6.26 Å². The molecule has 82 valence electrons. The quantitative estimate of drug-likeness (QED) is 0.851. The molecule has 1 atom stereocenters. The van der Waals surface area contributed by atoms with Crippen LogP contribution in [0.3, 0.4) is 0 Å². The third-order valence-electron chi connectivity index (χ3n) is 2.36. The third kappa shape index (κ3) is 3.31. The van der Waals surface area contributed by atoms with Gasteiger partial charge in [0, 0.05) is 26.4 Å². The van der Waals surface area contributed by atoms with Crippen molar-refractivity contribution in [2.45, 2.75) is 17.7 Å². The Bertz CT molecular complexity index is 388. The van der Waals surface area contributed by atoms with Gasteiger partial charge < -0.3 is 4.74 Å².